The summed E-state index contributed by atoms with van der Waals surface area (Å²) < 4.78 is 5.20. The van der Waals surface area contributed by atoms with Crippen LogP contribution in [0.15, 0.2) is 28.9 Å². The van der Waals surface area contributed by atoms with Gasteiger partial charge < -0.3 is 15.3 Å². The van der Waals surface area contributed by atoms with Gasteiger partial charge in [0.25, 0.3) is 0 Å². The lowest BCUT2D eigenvalue weighted by Crippen LogP contribution is -1.93. The third-order valence-electron chi connectivity index (χ3n) is 1.86. The predicted octanol–water partition coefficient (Wildman–Crippen LogP) is 1.60. The maximum atomic E-state index is 9.19. The average molecular weight is 163 g/mol. The normalized spacial score (nSPS) is 10.8. The second kappa shape index (κ2) is 2.53. The number of furan rings is 1. The van der Waals surface area contributed by atoms with Crippen molar-refractivity contribution >= 4 is 11.0 Å². The van der Waals surface area contributed by atoms with E-state index in [4.69, 9.17) is 10.2 Å². The zero-order valence-electron chi connectivity index (χ0n) is 6.45. The van der Waals surface area contributed by atoms with Crippen LogP contribution in [0.25, 0.3) is 11.0 Å². The highest BCUT2D eigenvalue weighted by atomic mass is 16.3. The number of fused-ring (bicyclic) bond motifs is 1. The summed E-state index contributed by atoms with van der Waals surface area (Å²) in [5.74, 6) is 0.235. The fraction of sp³-hybridized carbons (Fsp3) is 0.111. The Labute approximate surface area is 69.4 Å². The quantitative estimate of drug-likeness (QED) is 0.671. The molecule has 0 radical (unpaired) electrons. The molecule has 0 amide bonds. The van der Waals surface area contributed by atoms with Gasteiger partial charge in [0.1, 0.15) is 11.3 Å². The van der Waals surface area contributed by atoms with Crippen LogP contribution in [0.4, 0.5) is 0 Å². The number of hydrogen-bond acceptors (Lipinski definition) is 3. The Hall–Kier alpha value is -1.48. The van der Waals surface area contributed by atoms with E-state index in [9.17, 15) is 5.11 Å². The molecule has 0 spiro atoms. The smallest absolute Gasteiger partial charge is 0.134 e. The Morgan fingerprint density at radius 2 is 2.25 bits per heavy atom. The largest absolute Gasteiger partial charge is 0.508 e. The predicted molar refractivity (Wildman–Crippen MR) is 45.8 cm³/mol. The molecule has 0 atom stereocenters. The number of hydrogen-bond donors (Lipinski definition) is 2. The maximum Gasteiger partial charge on any atom is 0.134 e. The average Bonchev–Trinajstić information content (AvgIpc) is 2.46. The second-order valence-corrected chi connectivity index (χ2v) is 2.65. The molecule has 0 bridgehead atoms. The SMILES string of the molecule is NCc1coc2ccc(O)cc12. The van der Waals surface area contributed by atoms with E-state index in [0.717, 1.165) is 16.5 Å². The lowest BCUT2D eigenvalue weighted by molar-refractivity contribution is 0.476. The highest BCUT2D eigenvalue weighted by molar-refractivity contribution is 5.82. The van der Waals surface area contributed by atoms with Crippen molar-refractivity contribution in [2.45, 2.75) is 6.54 Å². The van der Waals surface area contributed by atoms with E-state index < -0.39 is 0 Å². The molecule has 1 heterocycles. The number of benzene rings is 1. The lowest BCUT2D eigenvalue weighted by Gasteiger charge is -1.92. The monoisotopic (exact) mass is 163 g/mol. The highest BCUT2D eigenvalue weighted by Crippen LogP contribution is 2.24. The van der Waals surface area contributed by atoms with E-state index in [-0.39, 0.29) is 5.75 Å². The molecule has 0 aliphatic rings. The first-order chi connectivity index (χ1) is 5.81. The fourth-order valence-corrected chi connectivity index (χ4v) is 1.23. The lowest BCUT2D eigenvalue weighted by atomic mass is 10.2. The molecule has 1 aromatic carbocycles. The van der Waals surface area contributed by atoms with Crippen LogP contribution in [0.5, 0.6) is 5.75 Å². The zero-order valence-corrected chi connectivity index (χ0v) is 6.45. The van der Waals surface area contributed by atoms with Crippen molar-refractivity contribution in [1.82, 2.24) is 0 Å². The molecule has 0 aliphatic carbocycles. The number of nitrogens with two attached hydrogens (primary N) is 1. The van der Waals surface area contributed by atoms with Gasteiger partial charge in [0.15, 0.2) is 0 Å². The van der Waals surface area contributed by atoms with Gasteiger partial charge in [-0.3, -0.25) is 0 Å². The molecule has 2 rings (SSSR count). The third kappa shape index (κ3) is 0.950. The molecular formula is C9H9NO2. The van der Waals surface area contributed by atoms with Crippen LogP contribution < -0.4 is 5.73 Å². The molecule has 3 N–H and O–H groups in total. The van der Waals surface area contributed by atoms with Crippen molar-refractivity contribution < 1.29 is 9.52 Å². The van der Waals surface area contributed by atoms with Crippen LogP contribution in [-0.4, -0.2) is 5.11 Å². The fourth-order valence-electron chi connectivity index (χ4n) is 1.23. The number of rotatable bonds is 1. The van der Waals surface area contributed by atoms with Crippen molar-refractivity contribution in [3.63, 3.8) is 0 Å². The summed E-state index contributed by atoms with van der Waals surface area (Å²) in [5, 5.41) is 10.1. The molecule has 0 unspecified atom stereocenters. The van der Waals surface area contributed by atoms with Crippen molar-refractivity contribution in [3.05, 3.63) is 30.0 Å². The Bertz CT molecular complexity index is 406. The number of phenols is 1. The number of phenolic OH excluding ortho intramolecular Hbond substituents is 1. The van der Waals surface area contributed by atoms with Gasteiger partial charge in [-0.15, -0.1) is 0 Å². The van der Waals surface area contributed by atoms with E-state index in [1.807, 2.05) is 0 Å². The van der Waals surface area contributed by atoms with Crippen molar-refractivity contribution in [2.24, 2.45) is 5.73 Å². The minimum absolute atomic E-state index is 0.235. The molecule has 1 aromatic heterocycles. The first kappa shape index (κ1) is 7.18. The van der Waals surface area contributed by atoms with Gasteiger partial charge in [-0.2, -0.15) is 0 Å². The molecule has 12 heavy (non-hydrogen) atoms. The summed E-state index contributed by atoms with van der Waals surface area (Å²) >= 11 is 0. The van der Waals surface area contributed by atoms with Gasteiger partial charge in [-0.05, 0) is 18.2 Å². The minimum atomic E-state index is 0.235. The Kier molecular flexibility index (Phi) is 1.52. The summed E-state index contributed by atoms with van der Waals surface area (Å²) in [7, 11) is 0. The molecule has 3 heteroatoms. The molecule has 0 saturated heterocycles. The third-order valence-corrected chi connectivity index (χ3v) is 1.86. The zero-order chi connectivity index (χ0) is 8.55. The van der Waals surface area contributed by atoms with Crippen LogP contribution in [-0.2, 0) is 6.54 Å². The first-order valence-electron chi connectivity index (χ1n) is 3.70. The Morgan fingerprint density at radius 3 is 3.00 bits per heavy atom. The summed E-state index contributed by atoms with van der Waals surface area (Å²) in [6.07, 6.45) is 1.62. The van der Waals surface area contributed by atoms with E-state index in [1.165, 1.54) is 0 Å². The highest BCUT2D eigenvalue weighted by Gasteiger charge is 2.03. The summed E-state index contributed by atoms with van der Waals surface area (Å²) in [5.41, 5.74) is 7.14. The van der Waals surface area contributed by atoms with Gasteiger partial charge in [0, 0.05) is 17.5 Å². The van der Waals surface area contributed by atoms with E-state index in [1.54, 1.807) is 24.5 Å². The van der Waals surface area contributed by atoms with Crippen molar-refractivity contribution in [1.29, 1.82) is 0 Å². The molecule has 0 saturated carbocycles. The topological polar surface area (TPSA) is 59.4 Å². The molecule has 62 valence electrons. The van der Waals surface area contributed by atoms with Gasteiger partial charge in [0.2, 0.25) is 0 Å². The molecular weight excluding hydrogens is 154 g/mol. The van der Waals surface area contributed by atoms with Gasteiger partial charge in [-0.25, -0.2) is 0 Å². The van der Waals surface area contributed by atoms with Gasteiger partial charge >= 0.3 is 0 Å². The summed E-state index contributed by atoms with van der Waals surface area (Å²) in [6.45, 7) is 0.427. The minimum Gasteiger partial charge on any atom is -0.508 e. The number of aromatic hydroxyl groups is 1. The van der Waals surface area contributed by atoms with Crippen LogP contribution in [0.3, 0.4) is 0 Å². The second-order valence-electron chi connectivity index (χ2n) is 2.65. The summed E-state index contributed by atoms with van der Waals surface area (Å²) in [6, 6.07) is 4.97. The van der Waals surface area contributed by atoms with E-state index >= 15 is 0 Å². The van der Waals surface area contributed by atoms with Crippen LogP contribution in [0.2, 0.25) is 0 Å². The van der Waals surface area contributed by atoms with E-state index in [0.29, 0.717) is 6.54 Å². The maximum absolute atomic E-state index is 9.19. The van der Waals surface area contributed by atoms with Crippen LogP contribution in [0, 0.1) is 0 Å². The summed E-state index contributed by atoms with van der Waals surface area (Å²) in [4.78, 5) is 0. The van der Waals surface area contributed by atoms with Crippen molar-refractivity contribution in [3.8, 4) is 5.75 Å². The standard InChI is InChI=1S/C9H9NO2/c10-4-6-5-12-9-2-1-7(11)3-8(6)9/h1-3,5,11H,4,10H2. The van der Waals surface area contributed by atoms with Crippen molar-refractivity contribution in [2.75, 3.05) is 0 Å². The van der Waals surface area contributed by atoms with Crippen LogP contribution in [0.1, 0.15) is 5.56 Å². The first-order valence-corrected chi connectivity index (χ1v) is 3.70. The molecule has 3 nitrogen and oxygen atoms in total. The molecule has 2 aromatic rings. The van der Waals surface area contributed by atoms with Gasteiger partial charge in [0.05, 0.1) is 6.26 Å². The van der Waals surface area contributed by atoms with E-state index in [2.05, 4.69) is 0 Å². The molecule has 0 aliphatic heterocycles. The Morgan fingerprint density at radius 1 is 1.42 bits per heavy atom. The van der Waals surface area contributed by atoms with Gasteiger partial charge in [-0.1, -0.05) is 0 Å². The van der Waals surface area contributed by atoms with Crippen LogP contribution >= 0.6 is 0 Å². The Balaban J connectivity index is 2.75. The molecule has 0 fully saturated rings.